The number of thioether (sulfide) groups is 2. The molecule has 4 unspecified atom stereocenters. The average molecular weight is 455 g/mol. The van der Waals surface area contributed by atoms with E-state index in [9.17, 15) is 24.3 Å². The van der Waals surface area contributed by atoms with Crippen LogP contribution in [0.15, 0.2) is 0 Å². The number of hydrogen-bond acceptors (Lipinski definition) is 8. The second-order valence-corrected chi connectivity index (χ2v) is 8.38. The molecule has 0 spiro atoms. The SMILES string of the molecule is CSCCC(NC(=O)C(C)NC(=O)C(CCSC)NC(=O)C(N)CS)C(=O)O. The summed E-state index contributed by atoms with van der Waals surface area (Å²) in [6, 6.07) is -3.69. The van der Waals surface area contributed by atoms with Gasteiger partial charge in [-0.2, -0.15) is 36.2 Å². The third-order valence-corrected chi connectivity index (χ3v) is 5.44. The lowest BCUT2D eigenvalue weighted by atomic mass is 10.1. The van der Waals surface area contributed by atoms with E-state index in [1.54, 1.807) is 0 Å². The fourth-order valence-electron chi connectivity index (χ4n) is 2.04. The number of carbonyl (C=O) groups is 4. The van der Waals surface area contributed by atoms with Gasteiger partial charge in [0.2, 0.25) is 17.7 Å². The highest BCUT2D eigenvalue weighted by Gasteiger charge is 2.27. The summed E-state index contributed by atoms with van der Waals surface area (Å²) < 4.78 is 0. The number of nitrogens with one attached hydrogen (secondary N) is 3. The number of thiol groups is 1. The van der Waals surface area contributed by atoms with Crippen molar-refractivity contribution in [2.24, 2.45) is 5.73 Å². The van der Waals surface area contributed by atoms with Crippen LogP contribution in [-0.4, -0.2) is 82.7 Å². The second kappa shape index (κ2) is 14.8. The van der Waals surface area contributed by atoms with Gasteiger partial charge in [0.25, 0.3) is 0 Å². The lowest BCUT2D eigenvalue weighted by molar-refractivity contribution is -0.142. The van der Waals surface area contributed by atoms with E-state index in [0.717, 1.165) is 0 Å². The maximum Gasteiger partial charge on any atom is 0.326 e. The summed E-state index contributed by atoms with van der Waals surface area (Å²) in [6.45, 7) is 1.45. The topological polar surface area (TPSA) is 151 Å². The van der Waals surface area contributed by atoms with Crippen LogP contribution >= 0.6 is 36.2 Å². The van der Waals surface area contributed by atoms with E-state index in [-0.39, 0.29) is 12.2 Å². The third kappa shape index (κ3) is 10.4. The fraction of sp³-hybridized carbons (Fsp3) is 0.750. The first-order valence-corrected chi connectivity index (χ1v) is 12.1. The molecule has 0 aromatic heterocycles. The van der Waals surface area contributed by atoms with Crippen LogP contribution in [0.1, 0.15) is 19.8 Å². The van der Waals surface area contributed by atoms with Crippen molar-refractivity contribution in [3.63, 3.8) is 0 Å². The maximum atomic E-state index is 12.5. The van der Waals surface area contributed by atoms with Crippen LogP contribution in [0.4, 0.5) is 0 Å². The Kier molecular flexibility index (Phi) is 14.2. The summed E-state index contributed by atoms with van der Waals surface area (Å²) in [4.78, 5) is 48.0. The third-order valence-electron chi connectivity index (χ3n) is 3.75. The van der Waals surface area contributed by atoms with E-state index in [4.69, 9.17) is 5.73 Å². The highest BCUT2D eigenvalue weighted by Crippen LogP contribution is 2.04. The zero-order chi connectivity index (χ0) is 21.7. The lowest BCUT2D eigenvalue weighted by Crippen LogP contribution is -2.56. The summed E-state index contributed by atoms with van der Waals surface area (Å²) in [5, 5.41) is 16.7. The predicted octanol–water partition coefficient (Wildman–Crippen LogP) is -0.691. The van der Waals surface area contributed by atoms with Gasteiger partial charge < -0.3 is 26.8 Å². The minimum absolute atomic E-state index is 0.133. The van der Waals surface area contributed by atoms with E-state index in [0.29, 0.717) is 17.9 Å². The number of carboxylic acid groups (broad SMARTS) is 1. The molecular weight excluding hydrogens is 424 g/mol. The molecule has 0 bridgehead atoms. The van der Waals surface area contributed by atoms with Crippen molar-refractivity contribution in [1.82, 2.24) is 16.0 Å². The number of rotatable bonds is 14. The molecule has 0 radical (unpaired) electrons. The number of nitrogens with two attached hydrogens (primary N) is 1. The van der Waals surface area contributed by atoms with Gasteiger partial charge in [0.15, 0.2) is 0 Å². The molecule has 0 aliphatic carbocycles. The number of hydrogen-bond donors (Lipinski definition) is 6. The van der Waals surface area contributed by atoms with Crippen LogP contribution in [0.3, 0.4) is 0 Å². The van der Waals surface area contributed by atoms with Crippen molar-refractivity contribution in [3.8, 4) is 0 Å². The van der Waals surface area contributed by atoms with Gasteiger partial charge in [-0.15, -0.1) is 0 Å². The van der Waals surface area contributed by atoms with Crippen molar-refractivity contribution in [1.29, 1.82) is 0 Å². The standard InChI is InChI=1S/C16H30N4O5S3/c1-9(13(21)20-12(16(24)25)5-7-28-3)18-15(23)11(4-6-27-2)19-14(22)10(17)8-26/h9-12,26H,4-8,17H2,1-3H3,(H,18,23)(H,19,22)(H,20,21)(H,24,25). The zero-order valence-corrected chi connectivity index (χ0v) is 18.8. The van der Waals surface area contributed by atoms with Gasteiger partial charge >= 0.3 is 5.97 Å². The van der Waals surface area contributed by atoms with Gasteiger partial charge in [0.05, 0.1) is 6.04 Å². The molecule has 3 amide bonds. The monoisotopic (exact) mass is 454 g/mol. The van der Waals surface area contributed by atoms with Gasteiger partial charge in [0, 0.05) is 5.75 Å². The van der Waals surface area contributed by atoms with E-state index in [1.165, 1.54) is 30.4 Å². The first-order valence-electron chi connectivity index (χ1n) is 8.66. The molecule has 0 aromatic carbocycles. The Hall–Kier alpha value is -1.11. The van der Waals surface area contributed by atoms with E-state index in [1.807, 2.05) is 12.5 Å². The first kappa shape index (κ1) is 26.9. The Morgan fingerprint density at radius 1 is 0.929 bits per heavy atom. The molecule has 162 valence electrons. The molecule has 12 heteroatoms. The molecule has 9 nitrogen and oxygen atoms in total. The van der Waals surface area contributed by atoms with Crippen molar-refractivity contribution in [3.05, 3.63) is 0 Å². The Balaban J connectivity index is 4.90. The summed E-state index contributed by atoms with van der Waals surface area (Å²) in [5.41, 5.74) is 5.62. The molecule has 6 N–H and O–H groups in total. The lowest BCUT2D eigenvalue weighted by Gasteiger charge is -2.23. The number of carboxylic acids is 1. The zero-order valence-electron chi connectivity index (χ0n) is 16.3. The van der Waals surface area contributed by atoms with E-state index >= 15 is 0 Å². The quantitative estimate of drug-likeness (QED) is 0.189. The molecule has 0 saturated heterocycles. The molecule has 0 saturated carbocycles. The Morgan fingerprint density at radius 3 is 1.89 bits per heavy atom. The summed E-state index contributed by atoms with van der Waals surface area (Å²) in [6.07, 6.45) is 4.34. The van der Waals surface area contributed by atoms with Crippen LogP contribution < -0.4 is 21.7 Å². The molecule has 0 fully saturated rings. The van der Waals surface area contributed by atoms with Gasteiger partial charge in [-0.1, -0.05) is 0 Å². The molecule has 28 heavy (non-hydrogen) atoms. The maximum absolute atomic E-state index is 12.5. The molecule has 0 aliphatic rings. The van der Waals surface area contributed by atoms with Crippen LogP contribution in [0.2, 0.25) is 0 Å². The summed E-state index contributed by atoms with van der Waals surface area (Å²) >= 11 is 6.94. The Morgan fingerprint density at radius 2 is 1.43 bits per heavy atom. The van der Waals surface area contributed by atoms with E-state index in [2.05, 4.69) is 28.6 Å². The molecule has 0 heterocycles. The predicted molar refractivity (Wildman–Crippen MR) is 117 cm³/mol. The smallest absolute Gasteiger partial charge is 0.326 e. The van der Waals surface area contributed by atoms with Crippen LogP contribution in [0, 0.1) is 0 Å². The largest absolute Gasteiger partial charge is 0.480 e. The van der Waals surface area contributed by atoms with E-state index < -0.39 is 47.9 Å². The average Bonchev–Trinajstić information content (AvgIpc) is 2.66. The van der Waals surface area contributed by atoms with Gasteiger partial charge in [-0.25, -0.2) is 4.79 Å². The van der Waals surface area contributed by atoms with Gasteiger partial charge in [-0.3, -0.25) is 14.4 Å². The van der Waals surface area contributed by atoms with Crippen LogP contribution in [0.5, 0.6) is 0 Å². The van der Waals surface area contributed by atoms with Gasteiger partial charge in [-0.05, 0) is 43.8 Å². The molecule has 4 atom stereocenters. The number of amides is 3. The summed E-state index contributed by atoms with van der Waals surface area (Å²) in [7, 11) is 0. The molecule has 0 rings (SSSR count). The Labute approximate surface area is 179 Å². The van der Waals surface area contributed by atoms with Crippen LogP contribution in [0.25, 0.3) is 0 Å². The molecule has 0 aliphatic heterocycles. The van der Waals surface area contributed by atoms with Crippen molar-refractivity contribution in [2.75, 3.05) is 29.8 Å². The second-order valence-electron chi connectivity index (χ2n) is 6.04. The first-order chi connectivity index (χ1) is 13.2. The molecular formula is C16H30N4O5S3. The number of aliphatic carboxylic acids is 1. The minimum atomic E-state index is -1.13. The van der Waals surface area contributed by atoms with Crippen LogP contribution in [-0.2, 0) is 19.2 Å². The highest BCUT2D eigenvalue weighted by molar-refractivity contribution is 7.98. The minimum Gasteiger partial charge on any atom is -0.480 e. The van der Waals surface area contributed by atoms with Crippen molar-refractivity contribution >= 4 is 59.8 Å². The Bertz CT molecular complexity index is 538. The molecule has 0 aromatic rings. The van der Waals surface area contributed by atoms with Crippen molar-refractivity contribution in [2.45, 2.75) is 43.9 Å². The van der Waals surface area contributed by atoms with Crippen molar-refractivity contribution < 1.29 is 24.3 Å². The normalized spacial score (nSPS) is 15.0. The number of carbonyl (C=O) groups excluding carboxylic acids is 3. The summed E-state index contributed by atoms with van der Waals surface area (Å²) in [5.74, 6) is -1.45. The van der Waals surface area contributed by atoms with Gasteiger partial charge in [0.1, 0.15) is 18.1 Å². The highest BCUT2D eigenvalue weighted by atomic mass is 32.2. The fourth-order valence-corrected chi connectivity index (χ4v) is 3.14.